The van der Waals surface area contributed by atoms with Gasteiger partial charge in [-0.2, -0.15) is 0 Å². The second kappa shape index (κ2) is 5.55. The van der Waals surface area contributed by atoms with Crippen LogP contribution in [0.15, 0.2) is 18.2 Å². The molecular formula is C15H20BFO5. The number of hydrogen-bond donors (Lipinski definition) is 1. The molecule has 1 aliphatic rings. The maximum atomic E-state index is 14.2. The zero-order valence-corrected chi connectivity index (χ0v) is 13.3. The highest BCUT2D eigenvalue weighted by Gasteiger charge is 2.51. The molecule has 120 valence electrons. The Labute approximate surface area is 129 Å². The Hall–Kier alpha value is -1.60. The van der Waals surface area contributed by atoms with E-state index < -0.39 is 36.4 Å². The molecule has 0 spiro atoms. The number of benzene rings is 1. The molecule has 0 amide bonds. The van der Waals surface area contributed by atoms with Gasteiger partial charge in [0.1, 0.15) is 11.9 Å². The molecule has 0 aliphatic carbocycles. The topological polar surface area (TPSA) is 65.0 Å². The van der Waals surface area contributed by atoms with E-state index in [1.165, 1.54) is 19.1 Å². The van der Waals surface area contributed by atoms with Crippen LogP contribution < -0.4 is 5.46 Å². The van der Waals surface area contributed by atoms with Gasteiger partial charge in [0.15, 0.2) is 0 Å². The third-order valence-electron chi connectivity index (χ3n) is 4.27. The van der Waals surface area contributed by atoms with Crippen molar-refractivity contribution in [3.8, 4) is 0 Å². The summed E-state index contributed by atoms with van der Waals surface area (Å²) >= 11 is 0. The van der Waals surface area contributed by atoms with Gasteiger partial charge in [-0.05, 0) is 46.1 Å². The first-order valence-electron chi connectivity index (χ1n) is 7.08. The summed E-state index contributed by atoms with van der Waals surface area (Å²) in [6.45, 7) is 9.14. The molecule has 0 unspecified atom stereocenters. The summed E-state index contributed by atoms with van der Waals surface area (Å²) in [7, 11) is -0.663. The Morgan fingerprint density at radius 3 is 2.27 bits per heavy atom. The summed E-state index contributed by atoms with van der Waals surface area (Å²) in [5, 5.41) is 8.59. The molecule has 1 saturated heterocycles. The summed E-state index contributed by atoms with van der Waals surface area (Å²) in [6.07, 6.45) is -2.33. The standard InChI is InChI=1S/C15H20BFO5/c1-9(20-13(18)19)11-7-6-10(8-12(11)17)16-21-14(2,3)15(4,5)22-16/h6-9H,1-5H3,(H,18,19)/t9-/m1/s1. The highest BCUT2D eigenvalue weighted by molar-refractivity contribution is 6.62. The summed E-state index contributed by atoms with van der Waals surface area (Å²) < 4.78 is 30.5. The Bertz CT molecular complexity index is 571. The number of carboxylic acid groups (broad SMARTS) is 1. The van der Waals surface area contributed by atoms with Crippen LogP contribution in [0.5, 0.6) is 0 Å². The molecule has 1 fully saturated rings. The highest BCUT2D eigenvalue weighted by Crippen LogP contribution is 2.36. The summed E-state index contributed by atoms with van der Waals surface area (Å²) in [6, 6.07) is 4.44. The van der Waals surface area contributed by atoms with Crippen LogP contribution in [-0.4, -0.2) is 29.6 Å². The average molecular weight is 310 g/mol. The molecule has 1 aromatic rings. The smallest absolute Gasteiger partial charge is 0.450 e. The second-order valence-corrected chi connectivity index (χ2v) is 6.40. The zero-order valence-electron chi connectivity index (χ0n) is 13.3. The van der Waals surface area contributed by atoms with Gasteiger partial charge in [-0.1, -0.05) is 12.1 Å². The molecule has 1 aromatic carbocycles. The molecule has 5 nitrogen and oxygen atoms in total. The van der Waals surface area contributed by atoms with Crippen molar-refractivity contribution in [1.82, 2.24) is 0 Å². The summed E-state index contributed by atoms with van der Waals surface area (Å²) in [5.41, 5.74) is -0.302. The number of halogens is 1. The van der Waals surface area contributed by atoms with E-state index in [1.807, 2.05) is 27.7 Å². The van der Waals surface area contributed by atoms with E-state index in [0.717, 1.165) is 0 Å². The minimum absolute atomic E-state index is 0.169. The van der Waals surface area contributed by atoms with E-state index in [4.69, 9.17) is 14.4 Å². The molecule has 0 aromatic heterocycles. The molecule has 1 N–H and O–H groups in total. The minimum atomic E-state index is -1.44. The van der Waals surface area contributed by atoms with Crippen molar-refractivity contribution in [3.05, 3.63) is 29.6 Å². The summed E-state index contributed by atoms with van der Waals surface area (Å²) in [5.74, 6) is -0.555. The van der Waals surface area contributed by atoms with Crippen molar-refractivity contribution in [1.29, 1.82) is 0 Å². The molecular weight excluding hydrogens is 290 g/mol. The third kappa shape index (κ3) is 3.10. The molecule has 1 aliphatic heterocycles. The van der Waals surface area contributed by atoms with Crippen LogP contribution in [0.4, 0.5) is 9.18 Å². The van der Waals surface area contributed by atoms with Crippen molar-refractivity contribution in [3.63, 3.8) is 0 Å². The van der Waals surface area contributed by atoms with Gasteiger partial charge in [-0.3, -0.25) is 0 Å². The van der Waals surface area contributed by atoms with E-state index in [9.17, 15) is 9.18 Å². The second-order valence-electron chi connectivity index (χ2n) is 6.40. The van der Waals surface area contributed by atoms with Gasteiger partial charge < -0.3 is 19.2 Å². The fourth-order valence-electron chi connectivity index (χ4n) is 2.21. The lowest BCUT2D eigenvalue weighted by molar-refractivity contribution is 0.00578. The fourth-order valence-corrected chi connectivity index (χ4v) is 2.21. The van der Waals surface area contributed by atoms with Crippen LogP contribution in [0.3, 0.4) is 0 Å². The first kappa shape index (κ1) is 16.8. The van der Waals surface area contributed by atoms with Gasteiger partial charge in [0.25, 0.3) is 0 Å². The van der Waals surface area contributed by atoms with Crippen LogP contribution in [0.25, 0.3) is 0 Å². The van der Waals surface area contributed by atoms with E-state index in [-0.39, 0.29) is 5.56 Å². The quantitative estimate of drug-likeness (QED) is 0.687. The number of ether oxygens (including phenoxy) is 1. The summed E-state index contributed by atoms with van der Waals surface area (Å²) in [4.78, 5) is 10.5. The number of carbonyl (C=O) groups is 1. The molecule has 2 rings (SSSR count). The zero-order chi connectivity index (χ0) is 16.7. The lowest BCUT2D eigenvalue weighted by Gasteiger charge is -2.32. The molecule has 22 heavy (non-hydrogen) atoms. The van der Waals surface area contributed by atoms with E-state index in [1.54, 1.807) is 6.07 Å². The predicted octanol–water partition coefficient (Wildman–Crippen LogP) is 2.88. The van der Waals surface area contributed by atoms with Crippen LogP contribution in [-0.2, 0) is 14.0 Å². The van der Waals surface area contributed by atoms with Gasteiger partial charge >= 0.3 is 13.3 Å². The Balaban J connectivity index is 2.22. The van der Waals surface area contributed by atoms with E-state index in [0.29, 0.717) is 5.46 Å². The Kier molecular flexibility index (Phi) is 4.23. The molecule has 0 saturated carbocycles. The molecule has 0 bridgehead atoms. The Morgan fingerprint density at radius 1 is 1.27 bits per heavy atom. The minimum Gasteiger partial charge on any atom is -0.450 e. The molecule has 1 atom stereocenters. The van der Waals surface area contributed by atoms with Crippen molar-refractivity contribution in [2.75, 3.05) is 0 Å². The maximum Gasteiger partial charge on any atom is 0.506 e. The van der Waals surface area contributed by atoms with Gasteiger partial charge in [0, 0.05) is 5.56 Å². The van der Waals surface area contributed by atoms with Crippen LogP contribution in [0.1, 0.15) is 46.3 Å². The van der Waals surface area contributed by atoms with Crippen LogP contribution in [0.2, 0.25) is 0 Å². The van der Waals surface area contributed by atoms with Gasteiger partial charge in [0.2, 0.25) is 0 Å². The van der Waals surface area contributed by atoms with Crippen molar-refractivity contribution in [2.24, 2.45) is 0 Å². The SMILES string of the molecule is C[C@@H](OC(=O)O)c1ccc(B2OC(C)(C)C(C)(C)O2)cc1F. The largest absolute Gasteiger partial charge is 0.506 e. The normalized spacial score (nSPS) is 20.7. The van der Waals surface area contributed by atoms with Gasteiger partial charge in [-0.15, -0.1) is 0 Å². The lowest BCUT2D eigenvalue weighted by Crippen LogP contribution is -2.41. The first-order valence-corrected chi connectivity index (χ1v) is 7.08. The highest BCUT2D eigenvalue weighted by atomic mass is 19.1. The average Bonchev–Trinajstić information content (AvgIpc) is 2.57. The molecule has 0 radical (unpaired) electrons. The number of rotatable bonds is 3. The van der Waals surface area contributed by atoms with Crippen LogP contribution in [0, 0.1) is 5.82 Å². The van der Waals surface area contributed by atoms with Gasteiger partial charge in [-0.25, -0.2) is 9.18 Å². The third-order valence-corrected chi connectivity index (χ3v) is 4.27. The maximum absolute atomic E-state index is 14.2. The van der Waals surface area contributed by atoms with Gasteiger partial charge in [0.05, 0.1) is 11.2 Å². The number of hydrogen-bond acceptors (Lipinski definition) is 4. The Morgan fingerprint density at radius 2 is 1.82 bits per heavy atom. The van der Waals surface area contributed by atoms with Crippen molar-refractivity contribution in [2.45, 2.75) is 51.9 Å². The van der Waals surface area contributed by atoms with Crippen LogP contribution >= 0.6 is 0 Å². The van der Waals surface area contributed by atoms with E-state index >= 15 is 0 Å². The predicted molar refractivity (Wildman–Crippen MR) is 79.6 cm³/mol. The molecule has 7 heteroatoms. The van der Waals surface area contributed by atoms with E-state index in [2.05, 4.69) is 4.74 Å². The van der Waals surface area contributed by atoms with Crippen molar-refractivity contribution < 1.29 is 28.3 Å². The lowest BCUT2D eigenvalue weighted by atomic mass is 9.78. The molecule has 1 heterocycles. The fraction of sp³-hybridized carbons (Fsp3) is 0.533. The monoisotopic (exact) mass is 310 g/mol. The first-order chi connectivity index (χ1) is 10.0. The van der Waals surface area contributed by atoms with Crippen molar-refractivity contribution >= 4 is 18.7 Å².